The Bertz CT molecular complexity index is 675. The van der Waals surface area contributed by atoms with E-state index in [4.69, 9.17) is 9.47 Å². The Morgan fingerprint density at radius 1 is 0.923 bits per heavy atom. The topological polar surface area (TPSA) is 47.6 Å². The smallest absolute Gasteiger partial charge is 0.262 e. The molecule has 0 saturated carbocycles. The van der Waals surface area contributed by atoms with E-state index in [1.54, 1.807) is 0 Å². The molecule has 0 unspecified atom stereocenters. The zero-order chi connectivity index (χ0) is 18.8. The van der Waals surface area contributed by atoms with Crippen LogP contribution < -0.4 is 14.8 Å². The normalized spacial score (nSPS) is 10.4. The lowest BCUT2D eigenvalue weighted by Gasteiger charge is -2.12. The van der Waals surface area contributed by atoms with Gasteiger partial charge in [0, 0.05) is 5.69 Å². The molecule has 0 fully saturated rings. The van der Waals surface area contributed by atoms with Gasteiger partial charge in [-0.2, -0.15) is 0 Å². The molecule has 4 heteroatoms. The number of carbonyl (C=O) groups is 1. The van der Waals surface area contributed by atoms with Gasteiger partial charge in [-0.25, -0.2) is 0 Å². The highest BCUT2D eigenvalue weighted by molar-refractivity contribution is 5.91. The minimum Gasteiger partial charge on any atom is -0.494 e. The molecule has 2 rings (SSSR count). The number of benzene rings is 2. The second kappa shape index (κ2) is 10.5. The minimum absolute atomic E-state index is 0.0125. The average molecular weight is 355 g/mol. The minimum atomic E-state index is -0.180. The van der Waals surface area contributed by atoms with Crippen molar-refractivity contribution in [1.82, 2.24) is 0 Å². The van der Waals surface area contributed by atoms with Crippen molar-refractivity contribution in [1.29, 1.82) is 0 Å². The van der Waals surface area contributed by atoms with E-state index < -0.39 is 0 Å². The quantitative estimate of drug-likeness (QED) is 0.590. The van der Waals surface area contributed by atoms with Gasteiger partial charge < -0.3 is 14.8 Å². The summed E-state index contributed by atoms with van der Waals surface area (Å²) in [5.74, 6) is 1.42. The first-order valence-corrected chi connectivity index (χ1v) is 9.32. The fourth-order valence-electron chi connectivity index (χ4n) is 2.71. The molecule has 0 heterocycles. The second-order valence-corrected chi connectivity index (χ2v) is 6.49. The predicted molar refractivity (Wildman–Crippen MR) is 106 cm³/mol. The third-order valence-electron chi connectivity index (χ3n) is 4.16. The fourth-order valence-corrected chi connectivity index (χ4v) is 2.71. The predicted octanol–water partition coefficient (Wildman–Crippen LogP) is 5.28. The summed E-state index contributed by atoms with van der Waals surface area (Å²) in [4.78, 5) is 12.1. The van der Waals surface area contributed by atoms with Crippen LogP contribution in [0.2, 0.25) is 0 Å². The zero-order valence-corrected chi connectivity index (χ0v) is 16.0. The molecule has 0 aliphatic carbocycles. The Balaban J connectivity index is 1.76. The molecule has 0 aliphatic heterocycles. The highest BCUT2D eigenvalue weighted by Gasteiger charge is 2.07. The van der Waals surface area contributed by atoms with Crippen LogP contribution in [0.4, 0.5) is 5.69 Å². The van der Waals surface area contributed by atoms with Gasteiger partial charge in [0.2, 0.25) is 0 Å². The third-order valence-corrected chi connectivity index (χ3v) is 4.16. The van der Waals surface area contributed by atoms with Crippen molar-refractivity contribution in [2.75, 3.05) is 18.5 Å². The standard InChI is InChI=1S/C22H29NO3/c1-4-5-6-7-15-25-20-13-11-19(12-14-20)23-21(24)16-26-22-17(2)9-8-10-18(22)3/h8-14H,4-7,15-16H2,1-3H3,(H,23,24). The van der Waals surface area contributed by atoms with Crippen LogP contribution in [0, 0.1) is 13.8 Å². The molecule has 4 nitrogen and oxygen atoms in total. The number of anilines is 1. The SMILES string of the molecule is CCCCCCOc1ccc(NC(=O)COc2c(C)cccc2C)cc1. The first-order valence-electron chi connectivity index (χ1n) is 9.32. The molecular formula is C22H29NO3. The number of nitrogens with one attached hydrogen (secondary N) is 1. The molecule has 0 atom stereocenters. The zero-order valence-electron chi connectivity index (χ0n) is 16.0. The summed E-state index contributed by atoms with van der Waals surface area (Å²) in [5, 5.41) is 2.84. The van der Waals surface area contributed by atoms with Gasteiger partial charge in [0.05, 0.1) is 6.61 Å². The molecule has 1 N–H and O–H groups in total. The van der Waals surface area contributed by atoms with E-state index in [2.05, 4.69) is 12.2 Å². The van der Waals surface area contributed by atoms with E-state index >= 15 is 0 Å². The summed E-state index contributed by atoms with van der Waals surface area (Å²) in [6, 6.07) is 13.4. The van der Waals surface area contributed by atoms with Gasteiger partial charge >= 0.3 is 0 Å². The van der Waals surface area contributed by atoms with Crippen molar-refractivity contribution in [3.05, 3.63) is 53.6 Å². The number of amides is 1. The van der Waals surface area contributed by atoms with E-state index in [9.17, 15) is 4.79 Å². The monoisotopic (exact) mass is 355 g/mol. The number of hydrogen-bond acceptors (Lipinski definition) is 3. The summed E-state index contributed by atoms with van der Waals surface area (Å²) in [5.41, 5.74) is 2.79. The highest BCUT2D eigenvalue weighted by Crippen LogP contribution is 2.22. The number of aryl methyl sites for hydroxylation is 2. The lowest BCUT2D eigenvalue weighted by Crippen LogP contribution is -2.20. The maximum atomic E-state index is 12.1. The molecule has 2 aromatic carbocycles. The molecule has 26 heavy (non-hydrogen) atoms. The van der Waals surface area contributed by atoms with E-state index in [1.165, 1.54) is 19.3 Å². The highest BCUT2D eigenvalue weighted by atomic mass is 16.5. The maximum absolute atomic E-state index is 12.1. The van der Waals surface area contributed by atoms with E-state index in [1.807, 2.05) is 56.3 Å². The first kappa shape index (κ1) is 19.8. The van der Waals surface area contributed by atoms with Crippen molar-refractivity contribution >= 4 is 11.6 Å². The van der Waals surface area contributed by atoms with Gasteiger partial charge in [-0.1, -0.05) is 44.4 Å². The fraction of sp³-hybridized carbons (Fsp3) is 0.409. The molecular weight excluding hydrogens is 326 g/mol. The Labute approximate surface area is 156 Å². The summed E-state index contributed by atoms with van der Waals surface area (Å²) >= 11 is 0. The Hall–Kier alpha value is -2.49. The Morgan fingerprint density at radius 2 is 1.62 bits per heavy atom. The largest absolute Gasteiger partial charge is 0.494 e. The van der Waals surface area contributed by atoms with Crippen LogP contribution in [0.3, 0.4) is 0 Å². The van der Waals surface area contributed by atoms with Crippen molar-refractivity contribution in [3.8, 4) is 11.5 Å². The summed E-state index contributed by atoms with van der Waals surface area (Å²) < 4.78 is 11.4. The summed E-state index contributed by atoms with van der Waals surface area (Å²) in [6.45, 7) is 6.86. The summed E-state index contributed by atoms with van der Waals surface area (Å²) in [6.07, 6.45) is 4.74. The maximum Gasteiger partial charge on any atom is 0.262 e. The van der Waals surface area contributed by atoms with Crippen LogP contribution in [0.1, 0.15) is 43.7 Å². The van der Waals surface area contributed by atoms with Gasteiger partial charge in [-0.15, -0.1) is 0 Å². The van der Waals surface area contributed by atoms with Crippen LogP contribution in [-0.2, 0) is 4.79 Å². The van der Waals surface area contributed by atoms with Crippen molar-refractivity contribution < 1.29 is 14.3 Å². The molecule has 140 valence electrons. The molecule has 0 saturated heterocycles. The number of carbonyl (C=O) groups excluding carboxylic acids is 1. The van der Waals surface area contributed by atoms with Gasteiger partial charge in [0.15, 0.2) is 6.61 Å². The number of para-hydroxylation sites is 1. The van der Waals surface area contributed by atoms with Crippen molar-refractivity contribution in [2.45, 2.75) is 46.5 Å². The van der Waals surface area contributed by atoms with E-state index in [0.717, 1.165) is 41.3 Å². The van der Waals surface area contributed by atoms with Crippen LogP contribution in [0.5, 0.6) is 11.5 Å². The van der Waals surface area contributed by atoms with Crippen molar-refractivity contribution in [3.63, 3.8) is 0 Å². The molecule has 2 aromatic rings. The Morgan fingerprint density at radius 3 is 2.27 bits per heavy atom. The van der Waals surface area contributed by atoms with Gasteiger partial charge in [-0.05, 0) is 55.7 Å². The van der Waals surface area contributed by atoms with Crippen molar-refractivity contribution in [2.24, 2.45) is 0 Å². The van der Waals surface area contributed by atoms with Gasteiger partial charge in [-0.3, -0.25) is 4.79 Å². The number of rotatable bonds is 10. The summed E-state index contributed by atoms with van der Waals surface area (Å²) in [7, 11) is 0. The van der Waals surface area contributed by atoms with Crippen LogP contribution >= 0.6 is 0 Å². The van der Waals surface area contributed by atoms with Gasteiger partial charge in [0.25, 0.3) is 5.91 Å². The lowest BCUT2D eigenvalue weighted by atomic mass is 10.1. The van der Waals surface area contributed by atoms with Crippen LogP contribution in [-0.4, -0.2) is 19.1 Å². The second-order valence-electron chi connectivity index (χ2n) is 6.49. The van der Waals surface area contributed by atoms with Crippen LogP contribution in [0.25, 0.3) is 0 Å². The molecule has 0 radical (unpaired) electrons. The molecule has 0 aliphatic rings. The Kier molecular flexibility index (Phi) is 8.00. The van der Waals surface area contributed by atoms with E-state index in [0.29, 0.717) is 0 Å². The lowest BCUT2D eigenvalue weighted by molar-refractivity contribution is -0.118. The third kappa shape index (κ3) is 6.43. The van der Waals surface area contributed by atoms with E-state index in [-0.39, 0.29) is 12.5 Å². The molecule has 0 spiro atoms. The number of ether oxygens (including phenoxy) is 2. The molecule has 0 bridgehead atoms. The first-order chi connectivity index (χ1) is 12.6. The number of unbranched alkanes of at least 4 members (excludes halogenated alkanes) is 3. The molecule has 0 aromatic heterocycles. The number of hydrogen-bond donors (Lipinski definition) is 1. The average Bonchev–Trinajstić information content (AvgIpc) is 2.62. The van der Waals surface area contributed by atoms with Crippen LogP contribution in [0.15, 0.2) is 42.5 Å². The molecule has 1 amide bonds. The van der Waals surface area contributed by atoms with Gasteiger partial charge in [0.1, 0.15) is 11.5 Å².